The molecule has 1 amide bonds. The van der Waals surface area contributed by atoms with Gasteiger partial charge in [-0.3, -0.25) is 4.79 Å². The summed E-state index contributed by atoms with van der Waals surface area (Å²) in [6.45, 7) is 5.41. The van der Waals surface area contributed by atoms with Gasteiger partial charge in [-0.1, -0.05) is 38.8 Å². The van der Waals surface area contributed by atoms with Gasteiger partial charge in [-0.2, -0.15) is 0 Å². The van der Waals surface area contributed by atoms with Crippen LogP contribution in [-0.2, 0) is 14.6 Å². The molecule has 0 spiro atoms. The molecule has 0 aliphatic rings. The van der Waals surface area contributed by atoms with Crippen molar-refractivity contribution in [2.45, 2.75) is 46.5 Å². The zero-order chi connectivity index (χ0) is 16.5. The van der Waals surface area contributed by atoms with Crippen molar-refractivity contribution < 1.29 is 18.4 Å². The second-order valence-electron chi connectivity index (χ2n) is 5.06. The Bertz CT molecular complexity index is 454. The molecule has 124 valence electrons. The van der Waals surface area contributed by atoms with Gasteiger partial charge < -0.3 is 16.3 Å². The maximum atomic E-state index is 12.4. The van der Waals surface area contributed by atoms with Crippen molar-refractivity contribution >= 4 is 21.6 Å². The Hall–Kier alpha value is -1.31. The second kappa shape index (κ2) is 8.86. The Labute approximate surface area is 126 Å². The van der Waals surface area contributed by atoms with E-state index in [-0.39, 0.29) is 29.8 Å². The molecule has 0 rings (SSSR count). The Morgan fingerprint density at radius 1 is 1.24 bits per heavy atom. The minimum Gasteiger partial charge on any atom is -0.409 e. The summed E-state index contributed by atoms with van der Waals surface area (Å²) in [4.78, 5) is 12.4. The van der Waals surface area contributed by atoms with Crippen LogP contribution in [0.25, 0.3) is 0 Å². The van der Waals surface area contributed by atoms with E-state index in [1.807, 2.05) is 13.8 Å². The van der Waals surface area contributed by atoms with Crippen LogP contribution in [-0.4, -0.2) is 43.4 Å². The fourth-order valence-electron chi connectivity index (χ4n) is 2.31. The van der Waals surface area contributed by atoms with Crippen molar-refractivity contribution in [1.82, 2.24) is 5.32 Å². The van der Waals surface area contributed by atoms with E-state index >= 15 is 0 Å². The van der Waals surface area contributed by atoms with Crippen LogP contribution < -0.4 is 11.1 Å². The molecular formula is C13H27N3O4S. The van der Waals surface area contributed by atoms with Crippen LogP contribution in [0.3, 0.4) is 0 Å². The quantitative estimate of drug-likeness (QED) is 0.238. The number of amidine groups is 1. The highest BCUT2D eigenvalue weighted by atomic mass is 32.2. The lowest BCUT2D eigenvalue weighted by Crippen LogP contribution is -2.50. The number of nitrogens with zero attached hydrogens (tertiary/aromatic N) is 1. The number of nitrogens with one attached hydrogen (secondary N) is 1. The first-order valence-electron chi connectivity index (χ1n) is 7.26. The molecule has 0 aliphatic carbocycles. The molecule has 8 heteroatoms. The predicted octanol–water partition coefficient (Wildman–Crippen LogP) is 0.870. The number of hydrogen-bond donors (Lipinski definition) is 3. The number of hydrogen-bond acceptors (Lipinski definition) is 5. The Morgan fingerprint density at radius 2 is 1.76 bits per heavy atom. The van der Waals surface area contributed by atoms with E-state index in [1.165, 1.54) is 0 Å². The predicted molar refractivity (Wildman–Crippen MR) is 83.0 cm³/mol. The monoisotopic (exact) mass is 321 g/mol. The topological polar surface area (TPSA) is 122 Å². The van der Waals surface area contributed by atoms with Gasteiger partial charge in [-0.15, -0.1) is 0 Å². The second-order valence-corrected chi connectivity index (χ2v) is 7.53. The van der Waals surface area contributed by atoms with Crippen molar-refractivity contribution in [3.05, 3.63) is 0 Å². The number of oxime groups is 1. The van der Waals surface area contributed by atoms with E-state index in [9.17, 15) is 13.2 Å². The summed E-state index contributed by atoms with van der Waals surface area (Å²) in [6, 6.07) is 0. The average molecular weight is 321 g/mol. The number of nitrogens with two attached hydrogens (primary N) is 1. The Morgan fingerprint density at radius 3 is 2.14 bits per heavy atom. The molecule has 0 saturated heterocycles. The van der Waals surface area contributed by atoms with Crippen molar-refractivity contribution in [2.24, 2.45) is 16.3 Å². The smallest absolute Gasteiger partial charge is 0.233 e. The van der Waals surface area contributed by atoms with E-state index < -0.39 is 15.3 Å². The van der Waals surface area contributed by atoms with Gasteiger partial charge in [0, 0.05) is 12.3 Å². The van der Waals surface area contributed by atoms with Gasteiger partial charge in [-0.25, -0.2) is 8.42 Å². The molecule has 21 heavy (non-hydrogen) atoms. The molecular weight excluding hydrogens is 294 g/mol. The summed E-state index contributed by atoms with van der Waals surface area (Å²) in [5.74, 6) is -0.576. The summed E-state index contributed by atoms with van der Waals surface area (Å²) >= 11 is 0. The van der Waals surface area contributed by atoms with Gasteiger partial charge in [0.2, 0.25) is 5.91 Å². The fourth-order valence-corrected chi connectivity index (χ4v) is 3.01. The van der Waals surface area contributed by atoms with E-state index in [0.29, 0.717) is 25.7 Å². The maximum absolute atomic E-state index is 12.4. The molecule has 0 bridgehead atoms. The van der Waals surface area contributed by atoms with Crippen LogP contribution in [0.2, 0.25) is 0 Å². The zero-order valence-electron chi connectivity index (χ0n) is 13.1. The molecule has 0 aromatic heterocycles. The van der Waals surface area contributed by atoms with Gasteiger partial charge in [0.15, 0.2) is 15.7 Å². The van der Waals surface area contributed by atoms with Crippen molar-refractivity contribution in [2.75, 3.05) is 18.1 Å². The third-order valence-electron chi connectivity index (χ3n) is 3.52. The molecule has 0 radical (unpaired) electrons. The highest BCUT2D eigenvalue weighted by molar-refractivity contribution is 7.91. The van der Waals surface area contributed by atoms with Crippen LogP contribution in [0, 0.1) is 5.41 Å². The van der Waals surface area contributed by atoms with E-state index in [4.69, 9.17) is 10.9 Å². The van der Waals surface area contributed by atoms with Gasteiger partial charge in [0.1, 0.15) is 5.41 Å². The summed E-state index contributed by atoms with van der Waals surface area (Å²) in [5.41, 5.74) is 4.65. The van der Waals surface area contributed by atoms with Gasteiger partial charge in [-0.05, 0) is 12.8 Å². The number of rotatable bonds is 10. The Kier molecular flexibility index (Phi) is 8.31. The minimum atomic E-state index is -3.14. The molecule has 0 saturated carbocycles. The molecule has 0 unspecified atom stereocenters. The number of sulfone groups is 1. The highest BCUT2D eigenvalue weighted by Crippen LogP contribution is 2.30. The normalized spacial score (nSPS) is 13.2. The maximum Gasteiger partial charge on any atom is 0.233 e. The molecule has 0 atom stereocenters. The lowest BCUT2D eigenvalue weighted by Gasteiger charge is -2.30. The molecule has 0 aromatic carbocycles. The molecule has 0 heterocycles. The molecule has 0 aromatic rings. The first kappa shape index (κ1) is 19.7. The van der Waals surface area contributed by atoms with E-state index in [2.05, 4.69) is 10.5 Å². The number of amides is 1. The Balaban J connectivity index is 5.03. The lowest BCUT2D eigenvalue weighted by atomic mass is 9.77. The fraction of sp³-hybridized carbons (Fsp3) is 0.846. The molecule has 4 N–H and O–H groups in total. The van der Waals surface area contributed by atoms with Crippen LogP contribution in [0.15, 0.2) is 5.16 Å². The van der Waals surface area contributed by atoms with E-state index in [0.717, 1.165) is 0 Å². The SMILES string of the molecule is CCCC(CCC)(C(=O)NCCS(=O)(=O)CC)C(N)=NO. The first-order valence-corrected chi connectivity index (χ1v) is 9.08. The van der Waals surface area contributed by atoms with Crippen molar-refractivity contribution in [1.29, 1.82) is 0 Å². The van der Waals surface area contributed by atoms with Crippen LogP contribution in [0.4, 0.5) is 0 Å². The van der Waals surface area contributed by atoms with Crippen molar-refractivity contribution in [3.63, 3.8) is 0 Å². The first-order chi connectivity index (χ1) is 9.79. The average Bonchev–Trinajstić information content (AvgIpc) is 2.45. The molecule has 7 nitrogen and oxygen atoms in total. The molecule has 0 aliphatic heterocycles. The van der Waals surface area contributed by atoms with Gasteiger partial charge in [0.25, 0.3) is 0 Å². The van der Waals surface area contributed by atoms with Gasteiger partial charge in [0.05, 0.1) is 5.75 Å². The van der Waals surface area contributed by atoms with Gasteiger partial charge >= 0.3 is 0 Å². The summed E-state index contributed by atoms with van der Waals surface area (Å²) in [6.07, 6.45) is 2.28. The summed E-state index contributed by atoms with van der Waals surface area (Å²) in [7, 11) is -3.14. The number of carbonyl (C=O) groups is 1. The lowest BCUT2D eigenvalue weighted by molar-refractivity contribution is -0.128. The van der Waals surface area contributed by atoms with Crippen LogP contribution in [0.1, 0.15) is 46.5 Å². The zero-order valence-corrected chi connectivity index (χ0v) is 13.9. The van der Waals surface area contributed by atoms with E-state index in [1.54, 1.807) is 6.92 Å². The van der Waals surface area contributed by atoms with Crippen molar-refractivity contribution in [3.8, 4) is 0 Å². The standard InChI is InChI=1S/C13H27N3O4S/c1-4-7-13(8-5-2,11(14)16-18)12(17)15-9-10-21(19,20)6-3/h18H,4-10H2,1-3H3,(H2,14,16)(H,15,17). The largest absolute Gasteiger partial charge is 0.409 e. The highest BCUT2D eigenvalue weighted by Gasteiger charge is 2.41. The third kappa shape index (κ3) is 5.53. The summed E-state index contributed by atoms with van der Waals surface area (Å²) in [5, 5.41) is 14.6. The molecule has 0 fully saturated rings. The minimum absolute atomic E-state index is 0.0306. The third-order valence-corrected chi connectivity index (χ3v) is 5.23. The van der Waals surface area contributed by atoms with Crippen LogP contribution in [0.5, 0.6) is 0 Å². The summed E-state index contributed by atoms with van der Waals surface area (Å²) < 4.78 is 22.9. The van der Waals surface area contributed by atoms with Crippen LogP contribution >= 0.6 is 0 Å². The number of carbonyl (C=O) groups excluding carboxylic acids is 1.